The summed E-state index contributed by atoms with van der Waals surface area (Å²) < 4.78 is 0. The molecular weight excluding hydrogens is 246 g/mol. The molecular formula is C13H21N3OS. The summed E-state index contributed by atoms with van der Waals surface area (Å²) in [5.41, 5.74) is 0.855. The highest BCUT2D eigenvalue weighted by molar-refractivity contribution is 7.09. The number of amides is 1. The number of hydrogen-bond donors (Lipinski definition) is 2. The van der Waals surface area contributed by atoms with E-state index in [-0.39, 0.29) is 11.3 Å². The number of nitrogens with zero attached hydrogens (tertiary/aromatic N) is 1. The second-order valence-electron chi connectivity index (χ2n) is 4.95. The summed E-state index contributed by atoms with van der Waals surface area (Å²) in [5, 5.41) is 9.37. The third-order valence-corrected chi connectivity index (χ3v) is 4.75. The van der Waals surface area contributed by atoms with Crippen LogP contribution in [0.15, 0.2) is 5.38 Å². The number of carbonyl (C=O) groups excluding carboxylic acids is 1. The van der Waals surface area contributed by atoms with Crippen molar-refractivity contribution >= 4 is 17.2 Å². The van der Waals surface area contributed by atoms with Gasteiger partial charge in [0.25, 0.3) is 0 Å². The fourth-order valence-electron chi connectivity index (χ4n) is 2.47. The molecule has 0 saturated carbocycles. The predicted octanol–water partition coefficient (Wildman–Crippen LogP) is 1.85. The Morgan fingerprint density at radius 2 is 2.28 bits per heavy atom. The van der Waals surface area contributed by atoms with Crippen LogP contribution in [0.3, 0.4) is 0 Å². The third kappa shape index (κ3) is 2.90. The zero-order chi connectivity index (χ0) is 13.0. The summed E-state index contributed by atoms with van der Waals surface area (Å²) in [7, 11) is 0. The number of aromatic nitrogens is 1. The minimum absolute atomic E-state index is 0.169. The Kier molecular flexibility index (Phi) is 4.35. The van der Waals surface area contributed by atoms with Crippen LogP contribution in [0.25, 0.3) is 0 Å². The molecule has 1 amide bonds. The summed E-state index contributed by atoms with van der Waals surface area (Å²) in [6.45, 7) is 6.53. The van der Waals surface area contributed by atoms with Crippen LogP contribution in [0.5, 0.6) is 0 Å². The average Bonchev–Trinajstić information content (AvgIpc) is 2.82. The fraction of sp³-hybridized carbons (Fsp3) is 0.692. The lowest BCUT2D eigenvalue weighted by Gasteiger charge is -2.35. The third-order valence-electron chi connectivity index (χ3n) is 3.79. The van der Waals surface area contributed by atoms with Crippen molar-refractivity contribution in [2.45, 2.75) is 39.7 Å². The summed E-state index contributed by atoms with van der Waals surface area (Å²) in [5.74, 6) is 0.194. The van der Waals surface area contributed by atoms with E-state index in [0.29, 0.717) is 6.54 Å². The Bertz CT molecular complexity index is 410. The minimum Gasteiger partial charge on any atom is -0.349 e. The minimum atomic E-state index is -0.169. The molecule has 2 N–H and O–H groups in total. The molecule has 2 heterocycles. The highest BCUT2D eigenvalue weighted by Gasteiger charge is 2.37. The predicted molar refractivity (Wildman–Crippen MR) is 73.5 cm³/mol. The highest BCUT2D eigenvalue weighted by atomic mass is 32.1. The SMILES string of the molecule is CCC1(C(=O)NCc2nc(C)cs2)CCNCC1. The number of carbonyl (C=O) groups is 1. The van der Waals surface area contributed by atoms with Gasteiger partial charge in [0.05, 0.1) is 12.0 Å². The van der Waals surface area contributed by atoms with Crippen LogP contribution in [0.4, 0.5) is 0 Å². The molecule has 1 aromatic heterocycles. The molecule has 1 fully saturated rings. The largest absolute Gasteiger partial charge is 0.349 e. The van der Waals surface area contributed by atoms with Crippen LogP contribution in [-0.4, -0.2) is 24.0 Å². The molecule has 18 heavy (non-hydrogen) atoms. The number of thiazole rings is 1. The normalized spacial score (nSPS) is 18.6. The molecule has 100 valence electrons. The van der Waals surface area contributed by atoms with E-state index in [1.807, 2.05) is 12.3 Å². The van der Waals surface area contributed by atoms with Gasteiger partial charge in [0.15, 0.2) is 0 Å². The van der Waals surface area contributed by atoms with Gasteiger partial charge in [0.1, 0.15) is 5.01 Å². The van der Waals surface area contributed by atoms with Gasteiger partial charge in [0, 0.05) is 11.1 Å². The maximum Gasteiger partial charge on any atom is 0.226 e. The molecule has 0 aromatic carbocycles. The number of hydrogen-bond acceptors (Lipinski definition) is 4. The van der Waals surface area contributed by atoms with E-state index < -0.39 is 0 Å². The van der Waals surface area contributed by atoms with E-state index in [0.717, 1.165) is 43.1 Å². The van der Waals surface area contributed by atoms with Crippen molar-refractivity contribution < 1.29 is 4.79 Å². The van der Waals surface area contributed by atoms with Gasteiger partial charge >= 0.3 is 0 Å². The van der Waals surface area contributed by atoms with E-state index in [4.69, 9.17) is 0 Å². The average molecular weight is 267 g/mol. The molecule has 0 atom stereocenters. The van der Waals surface area contributed by atoms with Gasteiger partial charge in [-0.15, -0.1) is 11.3 Å². The number of piperidine rings is 1. The Morgan fingerprint density at radius 3 is 2.83 bits per heavy atom. The second kappa shape index (κ2) is 5.80. The van der Waals surface area contributed by atoms with Crippen LogP contribution in [0.1, 0.15) is 36.9 Å². The van der Waals surface area contributed by atoms with Crippen molar-refractivity contribution in [1.82, 2.24) is 15.6 Å². The first kappa shape index (κ1) is 13.5. The molecule has 1 aromatic rings. The lowest BCUT2D eigenvalue weighted by Crippen LogP contribution is -2.47. The summed E-state index contributed by atoms with van der Waals surface area (Å²) in [4.78, 5) is 16.7. The second-order valence-corrected chi connectivity index (χ2v) is 5.89. The van der Waals surface area contributed by atoms with Crippen molar-refractivity contribution in [3.8, 4) is 0 Å². The monoisotopic (exact) mass is 267 g/mol. The number of rotatable bonds is 4. The number of aryl methyl sites for hydroxylation is 1. The van der Waals surface area contributed by atoms with Gasteiger partial charge in [-0.1, -0.05) is 6.92 Å². The van der Waals surface area contributed by atoms with E-state index >= 15 is 0 Å². The lowest BCUT2D eigenvalue weighted by molar-refractivity contribution is -0.133. The van der Waals surface area contributed by atoms with E-state index in [1.165, 1.54) is 0 Å². The van der Waals surface area contributed by atoms with Crippen LogP contribution in [-0.2, 0) is 11.3 Å². The Balaban J connectivity index is 1.93. The van der Waals surface area contributed by atoms with E-state index in [2.05, 4.69) is 22.5 Å². The summed E-state index contributed by atoms with van der Waals surface area (Å²) in [6.07, 6.45) is 2.79. The topological polar surface area (TPSA) is 54.0 Å². The smallest absolute Gasteiger partial charge is 0.226 e. The molecule has 0 bridgehead atoms. The van der Waals surface area contributed by atoms with Gasteiger partial charge in [-0.2, -0.15) is 0 Å². The van der Waals surface area contributed by atoms with Crippen molar-refractivity contribution in [2.24, 2.45) is 5.41 Å². The first-order chi connectivity index (χ1) is 8.66. The van der Waals surface area contributed by atoms with Crippen LogP contribution in [0.2, 0.25) is 0 Å². The summed E-state index contributed by atoms with van der Waals surface area (Å²) >= 11 is 1.61. The zero-order valence-electron chi connectivity index (χ0n) is 11.1. The number of nitrogens with one attached hydrogen (secondary N) is 2. The molecule has 0 radical (unpaired) electrons. The van der Waals surface area contributed by atoms with E-state index in [1.54, 1.807) is 11.3 Å². The molecule has 0 aliphatic carbocycles. The van der Waals surface area contributed by atoms with Crippen LogP contribution in [0, 0.1) is 12.3 Å². The van der Waals surface area contributed by atoms with Crippen LogP contribution < -0.4 is 10.6 Å². The molecule has 1 saturated heterocycles. The van der Waals surface area contributed by atoms with Gasteiger partial charge in [0.2, 0.25) is 5.91 Å². The van der Waals surface area contributed by atoms with Crippen molar-refractivity contribution in [3.63, 3.8) is 0 Å². The zero-order valence-corrected chi connectivity index (χ0v) is 11.9. The van der Waals surface area contributed by atoms with Crippen molar-refractivity contribution in [2.75, 3.05) is 13.1 Å². The maximum atomic E-state index is 12.4. The van der Waals surface area contributed by atoms with Gasteiger partial charge in [-0.05, 0) is 39.3 Å². The Labute approximate surface area is 112 Å². The lowest BCUT2D eigenvalue weighted by atomic mass is 9.76. The molecule has 5 heteroatoms. The van der Waals surface area contributed by atoms with Crippen molar-refractivity contribution in [3.05, 3.63) is 16.1 Å². The van der Waals surface area contributed by atoms with Gasteiger partial charge in [-0.3, -0.25) is 4.79 Å². The first-order valence-electron chi connectivity index (χ1n) is 6.56. The van der Waals surface area contributed by atoms with E-state index in [9.17, 15) is 4.79 Å². The standard InChI is InChI=1S/C13H21N3OS/c1-3-13(4-6-14-7-5-13)12(17)15-8-11-16-10(2)9-18-11/h9,14H,3-8H2,1-2H3,(H,15,17). The Hall–Kier alpha value is -0.940. The molecule has 4 nitrogen and oxygen atoms in total. The van der Waals surface area contributed by atoms with Crippen molar-refractivity contribution in [1.29, 1.82) is 0 Å². The first-order valence-corrected chi connectivity index (χ1v) is 7.44. The summed E-state index contributed by atoms with van der Waals surface area (Å²) in [6, 6.07) is 0. The molecule has 1 aliphatic rings. The molecule has 1 aliphatic heterocycles. The van der Waals surface area contributed by atoms with Gasteiger partial charge in [-0.25, -0.2) is 4.98 Å². The molecule has 0 unspecified atom stereocenters. The quantitative estimate of drug-likeness (QED) is 0.875. The Morgan fingerprint density at radius 1 is 1.56 bits per heavy atom. The maximum absolute atomic E-state index is 12.4. The fourth-order valence-corrected chi connectivity index (χ4v) is 3.19. The highest BCUT2D eigenvalue weighted by Crippen LogP contribution is 2.32. The molecule has 2 rings (SSSR count). The molecule has 0 spiro atoms. The van der Waals surface area contributed by atoms with Gasteiger partial charge < -0.3 is 10.6 Å². The van der Waals surface area contributed by atoms with Crippen LogP contribution >= 0.6 is 11.3 Å².